The van der Waals surface area contributed by atoms with Crippen LogP contribution in [0.15, 0.2) is 18.2 Å². The van der Waals surface area contributed by atoms with Crippen LogP contribution in [0.4, 0.5) is 15.8 Å². The quantitative estimate of drug-likeness (QED) is 0.740. The molecule has 3 nitrogen and oxygen atoms in total. The molecule has 94 valence electrons. The average Bonchev–Trinajstić information content (AvgIpc) is 2.29. The average molecular weight is 238 g/mol. The van der Waals surface area contributed by atoms with Crippen molar-refractivity contribution < 1.29 is 9.18 Å². The summed E-state index contributed by atoms with van der Waals surface area (Å²) in [7, 11) is 0. The van der Waals surface area contributed by atoms with Gasteiger partial charge in [0.25, 0.3) is 0 Å². The number of benzene rings is 1. The number of nitrogens with one attached hydrogen (secondary N) is 1. The molecule has 0 saturated carbocycles. The van der Waals surface area contributed by atoms with Crippen LogP contribution >= 0.6 is 0 Å². The molecular formula is C13H19FN2O. The van der Waals surface area contributed by atoms with Crippen LogP contribution < -0.4 is 10.2 Å². The lowest BCUT2D eigenvalue weighted by Crippen LogP contribution is -2.25. The first kappa shape index (κ1) is 13.5. The molecule has 4 heteroatoms. The fourth-order valence-corrected chi connectivity index (χ4v) is 1.81. The van der Waals surface area contributed by atoms with Gasteiger partial charge < -0.3 is 10.2 Å². The topological polar surface area (TPSA) is 32.3 Å². The SMILES string of the molecule is CCCN(CCC)c1ccc(NC=O)cc1F. The Hall–Kier alpha value is -1.58. The molecule has 0 heterocycles. The fourth-order valence-electron chi connectivity index (χ4n) is 1.81. The first-order valence-corrected chi connectivity index (χ1v) is 5.97. The van der Waals surface area contributed by atoms with Gasteiger partial charge in [0.1, 0.15) is 5.82 Å². The lowest BCUT2D eigenvalue weighted by atomic mass is 10.2. The molecule has 0 aliphatic heterocycles. The predicted molar refractivity (Wildman–Crippen MR) is 68.9 cm³/mol. The third-order valence-electron chi connectivity index (χ3n) is 2.50. The number of halogens is 1. The summed E-state index contributed by atoms with van der Waals surface area (Å²) in [6.07, 6.45) is 2.51. The number of anilines is 2. The summed E-state index contributed by atoms with van der Waals surface area (Å²) in [6, 6.07) is 4.78. The summed E-state index contributed by atoms with van der Waals surface area (Å²) in [6.45, 7) is 5.82. The van der Waals surface area contributed by atoms with Gasteiger partial charge in [-0.15, -0.1) is 0 Å². The molecule has 1 N–H and O–H groups in total. The molecule has 0 aliphatic carbocycles. The van der Waals surface area contributed by atoms with Gasteiger partial charge in [-0.05, 0) is 31.0 Å². The van der Waals surface area contributed by atoms with Gasteiger partial charge in [0, 0.05) is 18.8 Å². The molecule has 0 radical (unpaired) electrons. The van der Waals surface area contributed by atoms with E-state index in [4.69, 9.17) is 0 Å². The second kappa shape index (κ2) is 6.89. The minimum Gasteiger partial charge on any atom is -0.369 e. The molecule has 0 aromatic heterocycles. The molecule has 0 unspecified atom stereocenters. The Morgan fingerprint density at radius 3 is 2.41 bits per heavy atom. The van der Waals surface area contributed by atoms with Gasteiger partial charge in [-0.2, -0.15) is 0 Å². The fraction of sp³-hybridized carbons (Fsp3) is 0.462. The van der Waals surface area contributed by atoms with Crippen LogP contribution in [-0.4, -0.2) is 19.5 Å². The minimum absolute atomic E-state index is 0.293. The van der Waals surface area contributed by atoms with E-state index in [0.29, 0.717) is 17.8 Å². The van der Waals surface area contributed by atoms with E-state index in [-0.39, 0.29) is 5.82 Å². The smallest absolute Gasteiger partial charge is 0.211 e. The highest BCUT2D eigenvalue weighted by Crippen LogP contribution is 2.23. The summed E-state index contributed by atoms with van der Waals surface area (Å²) in [5, 5.41) is 2.44. The van der Waals surface area contributed by atoms with E-state index in [1.807, 2.05) is 4.90 Å². The minimum atomic E-state index is -0.293. The van der Waals surface area contributed by atoms with E-state index in [1.54, 1.807) is 12.1 Å². The van der Waals surface area contributed by atoms with Crippen molar-refractivity contribution in [2.24, 2.45) is 0 Å². The molecule has 1 aromatic carbocycles. The Kier molecular flexibility index (Phi) is 5.46. The zero-order valence-corrected chi connectivity index (χ0v) is 10.4. The van der Waals surface area contributed by atoms with Gasteiger partial charge in [-0.3, -0.25) is 4.79 Å². The Balaban J connectivity index is 2.90. The third kappa shape index (κ3) is 3.73. The lowest BCUT2D eigenvalue weighted by molar-refractivity contribution is -0.105. The van der Waals surface area contributed by atoms with Gasteiger partial charge >= 0.3 is 0 Å². The molecule has 0 bridgehead atoms. The van der Waals surface area contributed by atoms with Crippen LogP contribution in [0, 0.1) is 5.82 Å². The van der Waals surface area contributed by atoms with E-state index >= 15 is 0 Å². The number of carbonyl (C=O) groups is 1. The predicted octanol–water partition coefficient (Wildman–Crippen LogP) is 3.02. The number of hydrogen-bond acceptors (Lipinski definition) is 2. The Morgan fingerprint density at radius 2 is 1.94 bits per heavy atom. The second-order valence-electron chi connectivity index (χ2n) is 3.92. The normalized spacial score (nSPS) is 10.1. The van der Waals surface area contributed by atoms with Crippen LogP contribution in [0.5, 0.6) is 0 Å². The molecule has 1 rings (SSSR count). The van der Waals surface area contributed by atoms with Gasteiger partial charge in [-0.1, -0.05) is 13.8 Å². The van der Waals surface area contributed by atoms with Crippen molar-refractivity contribution in [2.75, 3.05) is 23.3 Å². The van der Waals surface area contributed by atoms with Crippen molar-refractivity contribution in [3.05, 3.63) is 24.0 Å². The van der Waals surface area contributed by atoms with Crippen LogP contribution in [0.2, 0.25) is 0 Å². The van der Waals surface area contributed by atoms with E-state index < -0.39 is 0 Å². The number of nitrogens with zero attached hydrogens (tertiary/aromatic N) is 1. The Bertz CT molecular complexity index is 362. The highest BCUT2D eigenvalue weighted by atomic mass is 19.1. The molecular weight excluding hydrogens is 219 g/mol. The van der Waals surface area contributed by atoms with Crippen LogP contribution in [0.3, 0.4) is 0 Å². The maximum atomic E-state index is 13.9. The molecule has 1 aromatic rings. The van der Waals surface area contributed by atoms with Gasteiger partial charge in [-0.25, -0.2) is 4.39 Å². The number of carbonyl (C=O) groups excluding carboxylic acids is 1. The summed E-state index contributed by atoms with van der Waals surface area (Å²) < 4.78 is 13.9. The lowest BCUT2D eigenvalue weighted by Gasteiger charge is -2.24. The maximum absolute atomic E-state index is 13.9. The molecule has 0 aliphatic rings. The first-order valence-electron chi connectivity index (χ1n) is 5.97. The molecule has 1 amide bonds. The third-order valence-corrected chi connectivity index (χ3v) is 2.50. The summed E-state index contributed by atoms with van der Waals surface area (Å²) in [5.41, 5.74) is 1.08. The zero-order chi connectivity index (χ0) is 12.7. The van der Waals surface area contributed by atoms with Crippen LogP contribution in [-0.2, 0) is 4.79 Å². The van der Waals surface area contributed by atoms with E-state index in [2.05, 4.69) is 19.2 Å². The number of rotatable bonds is 7. The second-order valence-corrected chi connectivity index (χ2v) is 3.92. The van der Waals surface area contributed by atoms with Crippen molar-refractivity contribution in [3.63, 3.8) is 0 Å². The van der Waals surface area contributed by atoms with Gasteiger partial charge in [0.05, 0.1) is 5.69 Å². The van der Waals surface area contributed by atoms with Gasteiger partial charge in [0.2, 0.25) is 6.41 Å². The van der Waals surface area contributed by atoms with E-state index in [0.717, 1.165) is 25.9 Å². The zero-order valence-electron chi connectivity index (χ0n) is 10.4. The van der Waals surface area contributed by atoms with Crippen LogP contribution in [0.25, 0.3) is 0 Å². The first-order chi connectivity index (χ1) is 8.22. The number of amides is 1. The maximum Gasteiger partial charge on any atom is 0.211 e. The van der Waals surface area contributed by atoms with Crippen molar-refractivity contribution >= 4 is 17.8 Å². The standard InChI is InChI=1S/C13H19FN2O/c1-3-7-16(8-4-2)13-6-5-11(15-10-17)9-12(13)14/h5-6,9-10H,3-4,7-8H2,1-2H3,(H,15,17). The van der Waals surface area contributed by atoms with Crippen molar-refractivity contribution in [1.29, 1.82) is 0 Å². The number of hydrogen-bond donors (Lipinski definition) is 1. The van der Waals surface area contributed by atoms with E-state index in [1.165, 1.54) is 6.07 Å². The summed E-state index contributed by atoms with van der Waals surface area (Å²) >= 11 is 0. The molecule has 0 atom stereocenters. The summed E-state index contributed by atoms with van der Waals surface area (Å²) in [5.74, 6) is -0.293. The van der Waals surface area contributed by atoms with Crippen LogP contribution in [0.1, 0.15) is 26.7 Å². The monoisotopic (exact) mass is 238 g/mol. The van der Waals surface area contributed by atoms with E-state index in [9.17, 15) is 9.18 Å². The Labute approximate surface area is 102 Å². The summed E-state index contributed by atoms with van der Waals surface area (Å²) in [4.78, 5) is 12.3. The Morgan fingerprint density at radius 1 is 1.29 bits per heavy atom. The van der Waals surface area contributed by atoms with Gasteiger partial charge in [0.15, 0.2) is 0 Å². The molecule has 17 heavy (non-hydrogen) atoms. The molecule has 0 spiro atoms. The highest BCUT2D eigenvalue weighted by Gasteiger charge is 2.10. The van der Waals surface area contributed by atoms with Crippen molar-refractivity contribution in [2.45, 2.75) is 26.7 Å². The molecule has 0 fully saturated rings. The molecule has 0 saturated heterocycles. The highest BCUT2D eigenvalue weighted by molar-refractivity contribution is 5.72. The van der Waals surface area contributed by atoms with Crippen molar-refractivity contribution in [1.82, 2.24) is 0 Å². The van der Waals surface area contributed by atoms with Crippen molar-refractivity contribution in [3.8, 4) is 0 Å². The largest absolute Gasteiger partial charge is 0.369 e.